The number of hydrogen-bond acceptors (Lipinski definition) is 4. The van der Waals surface area contributed by atoms with Gasteiger partial charge in [-0.05, 0) is 25.2 Å². The quantitative estimate of drug-likeness (QED) is 0.691. The Kier molecular flexibility index (Phi) is 4.01. The van der Waals surface area contributed by atoms with Crippen LogP contribution in [0.4, 0.5) is 0 Å². The van der Waals surface area contributed by atoms with E-state index in [1.54, 1.807) is 0 Å². The van der Waals surface area contributed by atoms with Crippen molar-refractivity contribution in [1.82, 2.24) is 14.9 Å². The summed E-state index contributed by atoms with van der Waals surface area (Å²) in [5, 5.41) is 14.2. The molecule has 0 radical (unpaired) electrons. The number of carboxylic acid groups (broad SMARTS) is 1. The van der Waals surface area contributed by atoms with Crippen LogP contribution in [0.15, 0.2) is 23.4 Å². The summed E-state index contributed by atoms with van der Waals surface area (Å²) in [6.45, 7) is 0.296. The van der Waals surface area contributed by atoms with Crippen molar-refractivity contribution in [1.29, 1.82) is 0 Å². The molecule has 0 aromatic carbocycles. The Morgan fingerprint density at radius 3 is 2.95 bits per heavy atom. The third-order valence-corrected chi connectivity index (χ3v) is 4.44. The molecular weight excluding hydrogens is 270 g/mol. The number of H-pyrrole nitrogens is 1. The van der Waals surface area contributed by atoms with Crippen LogP contribution in [0.3, 0.4) is 0 Å². The highest BCUT2D eigenvalue weighted by Crippen LogP contribution is 2.18. The van der Waals surface area contributed by atoms with Gasteiger partial charge in [0.2, 0.25) is 0 Å². The largest absolute Gasteiger partial charge is 0.478 e. The molecule has 0 fully saturated rings. The minimum atomic E-state index is -3.86. The topological polar surface area (TPSA) is 112 Å². The van der Waals surface area contributed by atoms with Crippen LogP contribution in [0.1, 0.15) is 29.6 Å². The van der Waals surface area contributed by atoms with Gasteiger partial charge >= 0.3 is 5.97 Å². The van der Waals surface area contributed by atoms with Crippen LogP contribution in [0.5, 0.6) is 0 Å². The molecule has 0 amide bonds. The smallest absolute Gasteiger partial charge is 0.340 e. The Balaban J connectivity index is 2.07. The maximum absolute atomic E-state index is 12.0. The fraction of sp³-hybridized carbons (Fsp3) is 0.455. The first-order chi connectivity index (χ1) is 9.00. The van der Waals surface area contributed by atoms with Crippen LogP contribution >= 0.6 is 0 Å². The zero-order valence-electron chi connectivity index (χ0n) is 10.2. The van der Waals surface area contributed by atoms with Gasteiger partial charge in [-0.25, -0.2) is 17.9 Å². The number of nitrogens with zero attached hydrogens (tertiary/aromatic N) is 1. The summed E-state index contributed by atoms with van der Waals surface area (Å²) < 4.78 is 26.4. The molecule has 1 atom stereocenters. The molecule has 0 spiro atoms. The second-order valence-corrected chi connectivity index (χ2v) is 6.12. The van der Waals surface area contributed by atoms with Gasteiger partial charge in [0.05, 0.1) is 6.20 Å². The molecule has 0 saturated heterocycles. The Labute approximate surface area is 110 Å². The fourth-order valence-electron chi connectivity index (χ4n) is 1.97. The Bertz CT molecular complexity index is 591. The van der Waals surface area contributed by atoms with E-state index in [1.807, 2.05) is 6.08 Å². The summed E-state index contributed by atoms with van der Waals surface area (Å²) in [5.74, 6) is -1.08. The highest BCUT2D eigenvalue weighted by Gasteiger charge is 2.25. The highest BCUT2D eigenvalue weighted by molar-refractivity contribution is 7.89. The summed E-state index contributed by atoms with van der Waals surface area (Å²) in [7, 11) is -3.86. The first-order valence-electron chi connectivity index (χ1n) is 5.92. The monoisotopic (exact) mass is 285 g/mol. The van der Waals surface area contributed by atoms with E-state index in [0.717, 1.165) is 25.5 Å². The number of carboxylic acids is 1. The lowest BCUT2D eigenvalue weighted by atomic mass is 9.95. The molecule has 0 bridgehead atoms. The van der Waals surface area contributed by atoms with E-state index in [4.69, 9.17) is 5.11 Å². The lowest BCUT2D eigenvalue weighted by molar-refractivity contribution is 0.0692. The summed E-state index contributed by atoms with van der Waals surface area (Å²) in [5.41, 5.74) is -0.351. The zero-order valence-corrected chi connectivity index (χ0v) is 11.0. The molecule has 0 aliphatic heterocycles. The standard InChI is InChI=1S/C11H15N3O4S/c15-11(16)9-7-12-14-10(9)19(17,18)13-6-8-4-2-1-3-5-8/h1-2,7-8,13H,3-6H2,(H,12,14)(H,15,16). The third kappa shape index (κ3) is 3.21. The van der Waals surface area contributed by atoms with Crippen molar-refractivity contribution in [3.8, 4) is 0 Å². The molecular formula is C11H15N3O4S. The molecule has 8 heteroatoms. The second-order valence-electron chi connectivity index (χ2n) is 4.42. The Morgan fingerprint density at radius 1 is 1.53 bits per heavy atom. The molecule has 1 unspecified atom stereocenters. The van der Waals surface area contributed by atoms with Crippen LogP contribution < -0.4 is 4.72 Å². The molecule has 1 heterocycles. The number of aromatic amines is 1. The Morgan fingerprint density at radius 2 is 2.32 bits per heavy atom. The van der Waals surface area contributed by atoms with Gasteiger partial charge in [0.15, 0.2) is 5.03 Å². The molecule has 1 aromatic rings. The lowest BCUT2D eigenvalue weighted by Gasteiger charge is -2.17. The first kappa shape index (κ1) is 13.8. The van der Waals surface area contributed by atoms with Gasteiger partial charge in [0.1, 0.15) is 5.56 Å². The SMILES string of the molecule is O=C(O)c1cn[nH]c1S(=O)(=O)NCC1CC=CCC1. The van der Waals surface area contributed by atoms with E-state index in [1.165, 1.54) is 0 Å². The van der Waals surface area contributed by atoms with E-state index in [9.17, 15) is 13.2 Å². The molecule has 7 nitrogen and oxygen atoms in total. The average Bonchev–Trinajstić information content (AvgIpc) is 2.88. The maximum Gasteiger partial charge on any atom is 0.340 e. The zero-order chi connectivity index (χ0) is 13.9. The van der Waals surface area contributed by atoms with Crippen molar-refractivity contribution < 1.29 is 18.3 Å². The van der Waals surface area contributed by atoms with Crippen molar-refractivity contribution >= 4 is 16.0 Å². The predicted octanol–water partition coefficient (Wildman–Crippen LogP) is 0.742. The number of nitrogens with one attached hydrogen (secondary N) is 2. The van der Waals surface area contributed by atoms with Crippen LogP contribution in [-0.2, 0) is 10.0 Å². The summed E-state index contributed by atoms with van der Waals surface area (Å²) in [6, 6.07) is 0. The molecule has 2 rings (SSSR count). The van der Waals surface area contributed by atoms with Crippen LogP contribution in [0, 0.1) is 5.92 Å². The highest BCUT2D eigenvalue weighted by atomic mass is 32.2. The van der Waals surface area contributed by atoms with Gasteiger partial charge in [-0.2, -0.15) is 5.10 Å². The minimum absolute atomic E-state index is 0.246. The third-order valence-electron chi connectivity index (χ3n) is 3.04. The van der Waals surface area contributed by atoms with Crippen LogP contribution in [0.2, 0.25) is 0 Å². The predicted molar refractivity (Wildman–Crippen MR) is 67.2 cm³/mol. The number of rotatable bonds is 5. The van der Waals surface area contributed by atoms with Crippen LogP contribution in [-0.4, -0.2) is 36.2 Å². The molecule has 1 aliphatic rings. The molecule has 19 heavy (non-hydrogen) atoms. The summed E-state index contributed by atoms with van der Waals surface area (Å²) >= 11 is 0. The molecule has 104 valence electrons. The molecule has 3 N–H and O–H groups in total. The van der Waals surface area contributed by atoms with E-state index >= 15 is 0 Å². The van der Waals surface area contributed by atoms with Gasteiger partial charge in [-0.1, -0.05) is 12.2 Å². The number of carbonyl (C=O) groups is 1. The van der Waals surface area contributed by atoms with Gasteiger partial charge < -0.3 is 5.11 Å². The van der Waals surface area contributed by atoms with Gasteiger partial charge in [-0.3, -0.25) is 5.10 Å². The minimum Gasteiger partial charge on any atom is -0.478 e. The first-order valence-corrected chi connectivity index (χ1v) is 7.40. The Hall–Kier alpha value is -1.67. The maximum atomic E-state index is 12.0. The van der Waals surface area contributed by atoms with Crippen LogP contribution in [0.25, 0.3) is 0 Å². The van der Waals surface area contributed by atoms with Crippen molar-refractivity contribution in [3.63, 3.8) is 0 Å². The van der Waals surface area contributed by atoms with Crippen molar-refractivity contribution in [2.24, 2.45) is 5.92 Å². The number of hydrogen-bond donors (Lipinski definition) is 3. The lowest BCUT2D eigenvalue weighted by Crippen LogP contribution is -2.31. The van der Waals surface area contributed by atoms with E-state index in [2.05, 4.69) is 21.0 Å². The summed E-state index contributed by atoms with van der Waals surface area (Å²) in [6.07, 6.45) is 7.78. The van der Waals surface area contributed by atoms with Crippen molar-refractivity contribution in [3.05, 3.63) is 23.9 Å². The molecule has 0 saturated carbocycles. The number of sulfonamides is 1. The molecule has 1 aromatic heterocycles. The number of allylic oxidation sites excluding steroid dienone is 2. The average molecular weight is 285 g/mol. The van der Waals surface area contributed by atoms with E-state index < -0.39 is 21.0 Å². The number of aromatic carboxylic acids is 1. The van der Waals surface area contributed by atoms with E-state index in [-0.39, 0.29) is 11.5 Å². The number of aromatic nitrogens is 2. The normalized spacial score (nSPS) is 19.5. The van der Waals surface area contributed by atoms with Gasteiger partial charge in [0.25, 0.3) is 10.0 Å². The van der Waals surface area contributed by atoms with Crippen molar-refractivity contribution in [2.45, 2.75) is 24.3 Å². The van der Waals surface area contributed by atoms with Gasteiger partial charge in [0, 0.05) is 6.54 Å². The fourth-order valence-corrected chi connectivity index (χ4v) is 3.17. The van der Waals surface area contributed by atoms with E-state index in [0.29, 0.717) is 6.54 Å². The van der Waals surface area contributed by atoms with Crippen molar-refractivity contribution in [2.75, 3.05) is 6.54 Å². The molecule has 1 aliphatic carbocycles. The summed E-state index contributed by atoms with van der Waals surface area (Å²) in [4.78, 5) is 10.9. The second kappa shape index (κ2) is 5.54. The van der Waals surface area contributed by atoms with Gasteiger partial charge in [-0.15, -0.1) is 0 Å².